The maximum Gasteiger partial charge on any atom is 0.138 e. The summed E-state index contributed by atoms with van der Waals surface area (Å²) >= 11 is 5.91. The Morgan fingerprint density at radius 3 is 2.64 bits per heavy atom. The van der Waals surface area contributed by atoms with E-state index in [0.717, 1.165) is 5.56 Å². The van der Waals surface area contributed by atoms with Crippen molar-refractivity contribution >= 4 is 23.4 Å². The minimum atomic E-state index is -0.871. The van der Waals surface area contributed by atoms with E-state index in [-0.39, 0.29) is 0 Å². The summed E-state index contributed by atoms with van der Waals surface area (Å²) in [5.41, 5.74) is 0.735. The molecule has 2 aromatic rings. The summed E-state index contributed by atoms with van der Waals surface area (Å²) in [5, 5.41) is 15.5. The molecule has 118 valence electrons. The van der Waals surface area contributed by atoms with E-state index >= 15 is 0 Å². The maximum atomic E-state index is 10.7. The van der Waals surface area contributed by atoms with E-state index in [1.54, 1.807) is 23.1 Å². The molecule has 0 saturated heterocycles. The molecule has 0 radical (unpaired) electrons. The maximum absolute atomic E-state index is 10.7. The van der Waals surface area contributed by atoms with Gasteiger partial charge in [-0.05, 0) is 44.5 Å². The first kappa shape index (κ1) is 16.7. The molecule has 0 fully saturated rings. The van der Waals surface area contributed by atoms with E-state index in [2.05, 4.69) is 10.1 Å². The van der Waals surface area contributed by atoms with Gasteiger partial charge in [-0.15, -0.1) is 0 Å². The largest absolute Gasteiger partial charge is 0.384 e. The number of hydrogen-bond donors (Lipinski definition) is 1. The molecule has 0 saturated carbocycles. The number of aromatic nitrogens is 3. The van der Waals surface area contributed by atoms with Gasteiger partial charge >= 0.3 is 0 Å². The predicted molar refractivity (Wildman–Crippen MR) is 87.4 cm³/mol. The van der Waals surface area contributed by atoms with Gasteiger partial charge < -0.3 is 9.84 Å². The van der Waals surface area contributed by atoms with Crippen molar-refractivity contribution in [1.82, 2.24) is 14.8 Å². The van der Waals surface area contributed by atoms with Gasteiger partial charge in [0.2, 0.25) is 0 Å². The summed E-state index contributed by atoms with van der Waals surface area (Å²) in [6, 6.07) is 7.35. The molecule has 1 aromatic heterocycles. The minimum absolute atomic E-state index is 0.510. The molecule has 0 bridgehead atoms. The molecule has 1 heterocycles. The topological polar surface area (TPSA) is 60.2 Å². The third-order valence-electron chi connectivity index (χ3n) is 3.32. The summed E-state index contributed by atoms with van der Waals surface area (Å²) < 4.78 is 7.20. The van der Waals surface area contributed by atoms with Crippen LogP contribution in [0.1, 0.15) is 26.3 Å². The smallest absolute Gasteiger partial charge is 0.138 e. The molecule has 0 amide bonds. The van der Waals surface area contributed by atoms with E-state index in [4.69, 9.17) is 16.3 Å². The predicted octanol–water partition coefficient (Wildman–Crippen LogP) is 3.11. The Labute approximate surface area is 135 Å². The van der Waals surface area contributed by atoms with Crippen molar-refractivity contribution in [3.63, 3.8) is 0 Å². The van der Waals surface area contributed by atoms with Gasteiger partial charge in [0.1, 0.15) is 18.8 Å². The Morgan fingerprint density at radius 1 is 1.41 bits per heavy atom. The molecular formula is C16H20ClN3O2. The summed E-state index contributed by atoms with van der Waals surface area (Å²) in [5.74, 6) is 0. The van der Waals surface area contributed by atoms with Crippen LogP contribution in [0, 0.1) is 0 Å². The number of ether oxygens (including phenoxy) is 1. The van der Waals surface area contributed by atoms with Crippen LogP contribution in [-0.2, 0) is 4.74 Å². The first-order valence-electron chi connectivity index (χ1n) is 7.08. The second-order valence-corrected chi connectivity index (χ2v) is 5.84. The SMILES string of the molecule is CCOC(C)(C)C(O)/C(=C\c1ccc(Cl)cc1)n1cncn1. The van der Waals surface area contributed by atoms with Crippen LogP contribution < -0.4 is 0 Å². The van der Waals surface area contributed by atoms with Crippen molar-refractivity contribution in [3.05, 3.63) is 47.5 Å². The lowest BCUT2D eigenvalue weighted by Crippen LogP contribution is -2.41. The summed E-state index contributed by atoms with van der Waals surface area (Å²) in [7, 11) is 0. The molecule has 6 heteroatoms. The van der Waals surface area contributed by atoms with Crippen LogP contribution in [-0.4, -0.2) is 38.2 Å². The average Bonchev–Trinajstić information content (AvgIpc) is 3.00. The van der Waals surface area contributed by atoms with Gasteiger partial charge in [0.25, 0.3) is 0 Å². The van der Waals surface area contributed by atoms with Crippen molar-refractivity contribution in [2.24, 2.45) is 0 Å². The van der Waals surface area contributed by atoms with E-state index in [1.807, 2.05) is 39.0 Å². The van der Waals surface area contributed by atoms with Gasteiger partial charge in [-0.25, -0.2) is 9.67 Å². The monoisotopic (exact) mass is 321 g/mol. The molecule has 0 aliphatic rings. The standard InChI is InChI=1S/C16H20ClN3O2/c1-4-22-16(2,3)15(21)14(20-11-18-10-19-20)9-12-5-7-13(17)8-6-12/h5-11,15,21H,4H2,1-3H3/b14-9+. The number of halogens is 1. The minimum Gasteiger partial charge on any atom is -0.384 e. The number of hydrogen-bond acceptors (Lipinski definition) is 4. The summed E-state index contributed by atoms with van der Waals surface area (Å²) in [6.45, 7) is 6.09. The van der Waals surface area contributed by atoms with E-state index in [9.17, 15) is 5.11 Å². The average molecular weight is 322 g/mol. The molecule has 2 rings (SSSR count). The van der Waals surface area contributed by atoms with Crippen molar-refractivity contribution in [2.45, 2.75) is 32.5 Å². The van der Waals surface area contributed by atoms with Crippen LogP contribution in [0.2, 0.25) is 5.02 Å². The Kier molecular flexibility index (Phi) is 5.34. The van der Waals surface area contributed by atoms with Crippen molar-refractivity contribution < 1.29 is 9.84 Å². The van der Waals surface area contributed by atoms with Gasteiger partial charge in [0, 0.05) is 11.6 Å². The Hall–Kier alpha value is -1.69. The van der Waals surface area contributed by atoms with Gasteiger partial charge in [-0.2, -0.15) is 5.10 Å². The molecular weight excluding hydrogens is 302 g/mol. The Morgan fingerprint density at radius 2 is 2.09 bits per heavy atom. The highest BCUT2D eigenvalue weighted by atomic mass is 35.5. The van der Waals surface area contributed by atoms with Gasteiger partial charge in [-0.3, -0.25) is 0 Å². The zero-order valence-electron chi connectivity index (χ0n) is 12.9. The fourth-order valence-electron chi connectivity index (χ4n) is 2.15. The second kappa shape index (κ2) is 7.05. The molecule has 22 heavy (non-hydrogen) atoms. The first-order chi connectivity index (χ1) is 10.4. The molecule has 1 N–H and O–H groups in total. The second-order valence-electron chi connectivity index (χ2n) is 5.40. The normalized spacial score (nSPS) is 14.1. The highest BCUT2D eigenvalue weighted by molar-refractivity contribution is 6.30. The van der Waals surface area contributed by atoms with Crippen molar-refractivity contribution in [2.75, 3.05) is 6.61 Å². The highest BCUT2D eigenvalue weighted by Crippen LogP contribution is 2.26. The number of aliphatic hydroxyl groups excluding tert-OH is 1. The van der Waals surface area contributed by atoms with Crippen LogP contribution >= 0.6 is 11.6 Å². The van der Waals surface area contributed by atoms with Crippen LogP contribution in [0.25, 0.3) is 11.8 Å². The third kappa shape index (κ3) is 3.94. The molecule has 1 atom stereocenters. The Balaban J connectivity index is 2.41. The fraction of sp³-hybridized carbons (Fsp3) is 0.375. The lowest BCUT2D eigenvalue weighted by molar-refractivity contribution is -0.0753. The van der Waals surface area contributed by atoms with Crippen LogP contribution in [0.3, 0.4) is 0 Å². The first-order valence-corrected chi connectivity index (χ1v) is 7.46. The lowest BCUT2D eigenvalue weighted by atomic mass is 9.97. The van der Waals surface area contributed by atoms with Gasteiger partial charge in [-0.1, -0.05) is 23.7 Å². The van der Waals surface area contributed by atoms with Crippen LogP contribution in [0.15, 0.2) is 36.9 Å². The molecule has 0 aliphatic heterocycles. The zero-order chi connectivity index (χ0) is 16.2. The number of rotatable bonds is 6. The van der Waals surface area contributed by atoms with E-state index in [1.165, 1.54) is 6.33 Å². The fourth-order valence-corrected chi connectivity index (χ4v) is 2.27. The van der Waals surface area contributed by atoms with Gasteiger partial charge in [0.15, 0.2) is 0 Å². The summed E-state index contributed by atoms with van der Waals surface area (Å²) in [6.07, 6.45) is 3.95. The van der Waals surface area contributed by atoms with Crippen molar-refractivity contribution in [1.29, 1.82) is 0 Å². The van der Waals surface area contributed by atoms with Gasteiger partial charge in [0.05, 0.1) is 11.3 Å². The van der Waals surface area contributed by atoms with Crippen LogP contribution in [0.4, 0.5) is 0 Å². The van der Waals surface area contributed by atoms with Crippen molar-refractivity contribution in [3.8, 4) is 0 Å². The Bertz CT molecular complexity index is 621. The van der Waals surface area contributed by atoms with Crippen LogP contribution in [0.5, 0.6) is 0 Å². The lowest BCUT2D eigenvalue weighted by Gasteiger charge is -2.31. The number of nitrogens with zero attached hydrogens (tertiary/aromatic N) is 3. The molecule has 1 unspecified atom stereocenters. The zero-order valence-corrected chi connectivity index (χ0v) is 13.7. The quantitative estimate of drug-likeness (QED) is 0.888. The molecule has 0 spiro atoms. The molecule has 1 aromatic carbocycles. The molecule has 5 nitrogen and oxygen atoms in total. The number of aliphatic hydroxyl groups is 1. The van der Waals surface area contributed by atoms with E-state index in [0.29, 0.717) is 17.3 Å². The third-order valence-corrected chi connectivity index (χ3v) is 3.57. The summed E-state index contributed by atoms with van der Waals surface area (Å²) in [4.78, 5) is 3.95. The highest BCUT2D eigenvalue weighted by Gasteiger charge is 2.32. The molecule has 0 aliphatic carbocycles. The number of benzene rings is 1. The van der Waals surface area contributed by atoms with E-state index < -0.39 is 11.7 Å².